The SMILES string of the molecule is CSc1cc(C)[nH]c(=O)c1CNC(=O)c1cc(Cl)c2c(c1C)O[C@](C)(C1CCN(C[Si](C)(C)C)CC1)O2. The summed E-state index contributed by atoms with van der Waals surface area (Å²) < 4.78 is 12.8. The lowest BCUT2D eigenvalue weighted by Gasteiger charge is -2.40. The number of nitrogens with zero attached hydrogens (tertiary/aromatic N) is 1. The first-order chi connectivity index (χ1) is 17.3. The fourth-order valence-electron chi connectivity index (χ4n) is 5.33. The van der Waals surface area contributed by atoms with Gasteiger partial charge in [0, 0.05) is 46.7 Å². The van der Waals surface area contributed by atoms with Crippen molar-refractivity contribution in [3.63, 3.8) is 0 Å². The molecule has 2 aliphatic heterocycles. The molecule has 0 radical (unpaired) electrons. The minimum atomic E-state index is -1.15. The molecular weight excluding hydrogens is 526 g/mol. The number of halogens is 1. The van der Waals surface area contributed by atoms with Gasteiger partial charge in [0.1, 0.15) is 0 Å². The lowest BCUT2D eigenvalue weighted by atomic mass is 9.89. The fourth-order valence-corrected chi connectivity index (χ4v) is 7.93. The zero-order valence-electron chi connectivity index (χ0n) is 22.8. The Hall–Kier alpha value is -1.94. The van der Waals surface area contributed by atoms with Crippen LogP contribution in [0.4, 0.5) is 0 Å². The Morgan fingerprint density at radius 2 is 1.86 bits per heavy atom. The van der Waals surface area contributed by atoms with E-state index in [2.05, 4.69) is 34.8 Å². The molecule has 1 fully saturated rings. The molecule has 0 bridgehead atoms. The molecule has 1 saturated heterocycles. The summed E-state index contributed by atoms with van der Waals surface area (Å²) in [5, 5.41) is 3.24. The molecule has 1 atom stereocenters. The molecule has 10 heteroatoms. The minimum absolute atomic E-state index is 0.115. The number of rotatable bonds is 7. The van der Waals surface area contributed by atoms with E-state index in [0.29, 0.717) is 33.2 Å². The third-order valence-electron chi connectivity index (χ3n) is 7.20. The van der Waals surface area contributed by atoms with Gasteiger partial charge in [-0.15, -0.1) is 11.8 Å². The van der Waals surface area contributed by atoms with Crippen molar-refractivity contribution in [2.24, 2.45) is 5.92 Å². The van der Waals surface area contributed by atoms with Crippen LogP contribution < -0.4 is 20.3 Å². The quantitative estimate of drug-likeness (QED) is 0.348. The van der Waals surface area contributed by atoms with Gasteiger partial charge in [-0.05, 0) is 64.3 Å². The molecule has 2 aromatic rings. The summed E-state index contributed by atoms with van der Waals surface area (Å²) in [6, 6.07) is 3.54. The van der Waals surface area contributed by atoms with Gasteiger partial charge in [-0.1, -0.05) is 31.2 Å². The Labute approximate surface area is 229 Å². The summed E-state index contributed by atoms with van der Waals surface area (Å²) in [7, 11) is -1.15. The lowest BCUT2D eigenvalue weighted by Crippen LogP contribution is -2.51. The van der Waals surface area contributed by atoms with Crippen molar-refractivity contribution in [3.8, 4) is 11.5 Å². The predicted molar refractivity (Wildman–Crippen MR) is 153 cm³/mol. The number of likely N-dealkylation sites (tertiary alicyclic amines) is 1. The van der Waals surface area contributed by atoms with E-state index >= 15 is 0 Å². The highest BCUT2D eigenvalue weighted by atomic mass is 35.5. The van der Waals surface area contributed by atoms with Gasteiger partial charge >= 0.3 is 0 Å². The van der Waals surface area contributed by atoms with Crippen LogP contribution in [0.1, 0.15) is 46.9 Å². The zero-order chi connectivity index (χ0) is 27.1. The number of amides is 1. The molecule has 1 amide bonds. The molecule has 0 aliphatic carbocycles. The summed E-state index contributed by atoms with van der Waals surface area (Å²) in [4.78, 5) is 31.9. The maximum atomic E-state index is 13.2. The van der Waals surface area contributed by atoms with Gasteiger partial charge in [0.15, 0.2) is 11.5 Å². The highest BCUT2D eigenvalue weighted by molar-refractivity contribution is 7.98. The second kappa shape index (κ2) is 10.7. The number of carbonyl (C=O) groups is 1. The average Bonchev–Trinajstić information content (AvgIpc) is 3.19. The molecule has 3 heterocycles. The number of H-pyrrole nitrogens is 1. The molecule has 2 aliphatic rings. The largest absolute Gasteiger partial charge is 0.448 e. The molecule has 0 unspecified atom stereocenters. The van der Waals surface area contributed by atoms with E-state index < -0.39 is 13.9 Å². The average molecular weight is 564 g/mol. The van der Waals surface area contributed by atoms with Gasteiger partial charge in [-0.25, -0.2) is 0 Å². The van der Waals surface area contributed by atoms with Crippen LogP contribution in [0.2, 0.25) is 24.7 Å². The predicted octanol–water partition coefficient (Wildman–Crippen LogP) is 5.37. The lowest BCUT2D eigenvalue weighted by molar-refractivity contribution is -0.124. The van der Waals surface area contributed by atoms with Crippen molar-refractivity contribution in [2.45, 2.75) is 70.5 Å². The van der Waals surface area contributed by atoms with Crippen LogP contribution in [0.25, 0.3) is 0 Å². The van der Waals surface area contributed by atoms with Gasteiger partial charge in [0.25, 0.3) is 17.3 Å². The molecule has 4 rings (SSSR count). The van der Waals surface area contributed by atoms with Gasteiger partial charge in [0.2, 0.25) is 0 Å². The number of hydrogen-bond donors (Lipinski definition) is 2. The monoisotopic (exact) mass is 563 g/mol. The first kappa shape index (κ1) is 28.1. The molecule has 1 aromatic heterocycles. The molecule has 0 spiro atoms. The number of thioether (sulfide) groups is 1. The second-order valence-electron chi connectivity index (χ2n) is 11.5. The Morgan fingerprint density at radius 3 is 2.49 bits per heavy atom. The number of fused-ring (bicyclic) bond motifs is 1. The Kier molecular flexibility index (Phi) is 8.10. The Morgan fingerprint density at radius 1 is 1.22 bits per heavy atom. The van der Waals surface area contributed by atoms with Crippen LogP contribution in [0.15, 0.2) is 21.8 Å². The minimum Gasteiger partial charge on any atom is -0.448 e. The molecule has 0 saturated carbocycles. The van der Waals surface area contributed by atoms with E-state index in [1.807, 2.05) is 33.1 Å². The van der Waals surface area contributed by atoms with E-state index in [4.69, 9.17) is 21.1 Å². The summed E-state index contributed by atoms with van der Waals surface area (Å²) >= 11 is 8.09. The summed E-state index contributed by atoms with van der Waals surface area (Å²) in [6.45, 7) is 15.1. The second-order valence-corrected chi connectivity index (χ2v) is 18.2. The van der Waals surface area contributed by atoms with Gasteiger partial charge in [-0.2, -0.15) is 0 Å². The van der Waals surface area contributed by atoms with Crippen LogP contribution in [0.5, 0.6) is 11.5 Å². The van der Waals surface area contributed by atoms with Crippen molar-refractivity contribution in [3.05, 3.63) is 49.9 Å². The van der Waals surface area contributed by atoms with Crippen molar-refractivity contribution in [1.82, 2.24) is 15.2 Å². The number of hydrogen-bond acceptors (Lipinski definition) is 6. The van der Waals surface area contributed by atoms with Crippen molar-refractivity contribution < 1.29 is 14.3 Å². The number of aromatic nitrogens is 1. The molecule has 7 nitrogen and oxygen atoms in total. The fraction of sp³-hybridized carbons (Fsp3) is 0.556. The maximum absolute atomic E-state index is 13.2. The number of ether oxygens (including phenoxy) is 2. The number of carbonyl (C=O) groups excluding carboxylic acids is 1. The molecule has 1 aromatic carbocycles. The maximum Gasteiger partial charge on any atom is 0.254 e. The highest BCUT2D eigenvalue weighted by Gasteiger charge is 2.47. The Balaban J connectivity index is 1.49. The number of piperidine rings is 1. The first-order valence-electron chi connectivity index (χ1n) is 12.8. The van der Waals surface area contributed by atoms with Gasteiger partial charge < -0.3 is 24.7 Å². The molecular formula is C27H38ClN3O4SSi. The van der Waals surface area contributed by atoms with Crippen LogP contribution >= 0.6 is 23.4 Å². The third-order valence-corrected chi connectivity index (χ3v) is 9.68. The van der Waals surface area contributed by atoms with Gasteiger partial charge in [0.05, 0.1) is 13.1 Å². The summed E-state index contributed by atoms with van der Waals surface area (Å²) in [5.74, 6) is 0.124. The van der Waals surface area contributed by atoms with E-state index in [9.17, 15) is 9.59 Å². The van der Waals surface area contributed by atoms with Crippen molar-refractivity contribution in [2.75, 3.05) is 25.5 Å². The van der Waals surface area contributed by atoms with E-state index in [0.717, 1.165) is 36.5 Å². The van der Waals surface area contributed by atoms with Crippen LogP contribution in [0.3, 0.4) is 0 Å². The zero-order valence-corrected chi connectivity index (χ0v) is 25.4. The standard InChI is InChI=1S/C27H38ClN3O4SSi/c1-16-12-22(36-4)20(26(33)30-16)14-29-25(32)19-13-21(28)24-23(17(19)2)34-27(3,35-24)18-8-10-31(11-9-18)15-37(5,6)7/h12-13,18H,8-11,14-15H2,1-7H3,(H,29,32)(H,30,33)/t27-/m0/s1. The van der Waals surface area contributed by atoms with Gasteiger partial charge in [-0.3, -0.25) is 9.59 Å². The third kappa shape index (κ3) is 6.05. The van der Waals surface area contributed by atoms with Crippen LogP contribution in [-0.4, -0.2) is 55.2 Å². The highest BCUT2D eigenvalue weighted by Crippen LogP contribution is 2.51. The summed E-state index contributed by atoms with van der Waals surface area (Å²) in [6.07, 6.45) is 5.09. The van der Waals surface area contributed by atoms with E-state index in [1.165, 1.54) is 17.9 Å². The van der Waals surface area contributed by atoms with Crippen molar-refractivity contribution >= 4 is 37.3 Å². The first-order valence-corrected chi connectivity index (χ1v) is 18.1. The topological polar surface area (TPSA) is 83.7 Å². The molecule has 202 valence electrons. The Bertz CT molecular complexity index is 1250. The molecule has 37 heavy (non-hydrogen) atoms. The van der Waals surface area contributed by atoms with Crippen molar-refractivity contribution in [1.29, 1.82) is 0 Å². The smallest absolute Gasteiger partial charge is 0.254 e. The van der Waals surface area contributed by atoms with Crippen LogP contribution in [0, 0.1) is 19.8 Å². The normalized spacial score (nSPS) is 20.3. The van der Waals surface area contributed by atoms with E-state index in [1.54, 1.807) is 6.07 Å². The number of aromatic amines is 1. The number of nitrogens with one attached hydrogen (secondary N) is 2. The van der Waals surface area contributed by atoms with E-state index in [-0.39, 0.29) is 23.9 Å². The summed E-state index contributed by atoms with van der Waals surface area (Å²) in [5.41, 5.74) is 2.21. The number of benzene rings is 1. The van der Waals surface area contributed by atoms with Crippen LogP contribution in [-0.2, 0) is 6.54 Å². The number of pyridine rings is 1. The number of aryl methyl sites for hydroxylation is 1. The molecule has 2 N–H and O–H groups in total.